The van der Waals surface area contributed by atoms with Crippen molar-refractivity contribution in [2.45, 2.75) is 19.3 Å². The molecule has 112 valence electrons. The Hall–Kier alpha value is 0.401. The molecule has 1 aliphatic rings. The Balaban J connectivity index is 0.00000220. The van der Waals surface area contributed by atoms with E-state index in [9.17, 15) is 17.3 Å². The SMILES string of the molecule is Fc1ccc([B-](F)(F)F)cc1OCCN1CCCCC1.[K+]. The average molecular weight is 329 g/mol. The van der Waals surface area contributed by atoms with Crippen LogP contribution in [0.1, 0.15) is 19.3 Å². The number of rotatable bonds is 5. The summed E-state index contributed by atoms with van der Waals surface area (Å²) in [6.45, 7) is -2.38. The zero-order chi connectivity index (χ0) is 14.6. The Morgan fingerprint density at radius 2 is 1.76 bits per heavy atom. The van der Waals surface area contributed by atoms with Crippen LogP contribution in [0, 0.1) is 5.82 Å². The summed E-state index contributed by atoms with van der Waals surface area (Å²) in [7, 11) is 0. The first kappa shape index (κ1) is 19.4. The van der Waals surface area contributed by atoms with Gasteiger partial charge in [0.05, 0.1) is 0 Å². The summed E-state index contributed by atoms with van der Waals surface area (Å²) in [6.07, 6.45) is 3.46. The molecular weight excluding hydrogens is 312 g/mol. The average Bonchev–Trinajstić information content (AvgIpc) is 2.41. The maximum absolute atomic E-state index is 13.4. The molecule has 0 unspecified atom stereocenters. The quantitative estimate of drug-likeness (QED) is 0.546. The predicted molar refractivity (Wildman–Crippen MR) is 70.9 cm³/mol. The van der Waals surface area contributed by atoms with Gasteiger partial charge in [-0.15, -0.1) is 5.46 Å². The maximum Gasteiger partial charge on any atom is 1.00 e. The number of hydrogen-bond donors (Lipinski definition) is 0. The van der Waals surface area contributed by atoms with E-state index >= 15 is 0 Å². The third kappa shape index (κ3) is 6.19. The summed E-state index contributed by atoms with van der Waals surface area (Å²) in [4.78, 5) is 2.18. The van der Waals surface area contributed by atoms with Crippen LogP contribution in [0.25, 0.3) is 0 Å². The van der Waals surface area contributed by atoms with Gasteiger partial charge in [0.2, 0.25) is 0 Å². The standard InChI is InChI=1S/C13H17BF4NO.K/c15-12-5-4-11(14(16,17)18)10-13(12)20-9-8-19-6-2-1-3-7-19;/h4-5,10H,1-3,6-9H2;/q-1;+1. The smallest absolute Gasteiger partial charge is 0.489 e. The number of nitrogens with zero attached hydrogens (tertiary/aromatic N) is 1. The Kier molecular flexibility index (Phi) is 8.23. The fraction of sp³-hybridized carbons (Fsp3) is 0.538. The van der Waals surface area contributed by atoms with E-state index in [1.165, 1.54) is 6.42 Å². The summed E-state index contributed by atoms with van der Waals surface area (Å²) < 4.78 is 56.4. The van der Waals surface area contributed by atoms with Crippen molar-refractivity contribution in [2.75, 3.05) is 26.2 Å². The summed E-state index contributed by atoms with van der Waals surface area (Å²) in [5.74, 6) is -1.08. The molecule has 0 aromatic heterocycles. The topological polar surface area (TPSA) is 12.5 Å². The van der Waals surface area contributed by atoms with Crippen LogP contribution in [0.4, 0.5) is 17.3 Å². The van der Waals surface area contributed by atoms with Gasteiger partial charge in [0.1, 0.15) is 6.61 Å². The zero-order valence-corrected chi connectivity index (χ0v) is 15.2. The van der Waals surface area contributed by atoms with Crippen molar-refractivity contribution < 1.29 is 73.5 Å². The Morgan fingerprint density at radius 1 is 1.10 bits per heavy atom. The molecule has 1 aliphatic heterocycles. The van der Waals surface area contributed by atoms with Crippen molar-refractivity contribution in [2.24, 2.45) is 0 Å². The van der Waals surface area contributed by atoms with Crippen molar-refractivity contribution in [3.8, 4) is 5.75 Å². The van der Waals surface area contributed by atoms with Crippen LogP contribution in [0.3, 0.4) is 0 Å². The first-order valence-corrected chi connectivity index (χ1v) is 6.81. The Morgan fingerprint density at radius 3 is 2.38 bits per heavy atom. The van der Waals surface area contributed by atoms with Gasteiger partial charge in [-0.3, -0.25) is 4.90 Å². The summed E-state index contributed by atoms with van der Waals surface area (Å²) in [5, 5.41) is 0. The minimum absolute atomic E-state index is 0. The van der Waals surface area contributed by atoms with E-state index in [0.717, 1.165) is 44.1 Å². The van der Waals surface area contributed by atoms with Crippen molar-refractivity contribution >= 4 is 12.4 Å². The van der Waals surface area contributed by atoms with Crippen molar-refractivity contribution in [3.63, 3.8) is 0 Å². The molecule has 0 atom stereocenters. The molecule has 0 radical (unpaired) electrons. The van der Waals surface area contributed by atoms with E-state index in [0.29, 0.717) is 6.54 Å². The molecule has 0 spiro atoms. The van der Waals surface area contributed by atoms with Gasteiger partial charge in [0.25, 0.3) is 0 Å². The molecule has 1 aromatic rings. The molecule has 0 N–H and O–H groups in total. The van der Waals surface area contributed by atoms with Crippen LogP contribution in [-0.4, -0.2) is 38.1 Å². The molecule has 1 fully saturated rings. The number of ether oxygens (including phenoxy) is 1. The molecule has 2 rings (SSSR count). The summed E-state index contributed by atoms with van der Waals surface area (Å²) in [5.41, 5.74) is -0.834. The largest absolute Gasteiger partial charge is 1.00 e. The van der Waals surface area contributed by atoms with Gasteiger partial charge < -0.3 is 17.7 Å². The number of halogens is 4. The van der Waals surface area contributed by atoms with Crippen LogP contribution >= 0.6 is 0 Å². The van der Waals surface area contributed by atoms with E-state index in [1.54, 1.807) is 0 Å². The third-order valence-corrected chi connectivity index (χ3v) is 3.45. The van der Waals surface area contributed by atoms with Crippen LogP contribution in [-0.2, 0) is 0 Å². The minimum Gasteiger partial charge on any atom is -0.489 e. The molecule has 0 saturated carbocycles. The van der Waals surface area contributed by atoms with Crippen LogP contribution in [0.15, 0.2) is 18.2 Å². The molecule has 0 bridgehead atoms. The van der Waals surface area contributed by atoms with Crippen molar-refractivity contribution in [1.29, 1.82) is 0 Å². The Bertz CT molecular complexity index is 452. The van der Waals surface area contributed by atoms with Gasteiger partial charge in [0, 0.05) is 6.54 Å². The molecule has 8 heteroatoms. The van der Waals surface area contributed by atoms with E-state index in [4.69, 9.17) is 4.74 Å². The van der Waals surface area contributed by atoms with Gasteiger partial charge in [-0.1, -0.05) is 12.5 Å². The number of likely N-dealkylation sites (tertiary alicyclic amines) is 1. The molecule has 1 aromatic carbocycles. The van der Waals surface area contributed by atoms with Gasteiger partial charge in [-0.2, -0.15) is 0 Å². The molecule has 0 amide bonds. The van der Waals surface area contributed by atoms with Gasteiger partial charge >= 0.3 is 58.4 Å². The first-order valence-electron chi connectivity index (χ1n) is 6.81. The van der Waals surface area contributed by atoms with E-state index in [1.807, 2.05) is 0 Å². The van der Waals surface area contributed by atoms with Crippen LogP contribution < -0.4 is 61.6 Å². The van der Waals surface area contributed by atoms with E-state index < -0.39 is 18.3 Å². The molecular formula is C13H17BF4KNO. The third-order valence-electron chi connectivity index (χ3n) is 3.45. The normalized spacial score (nSPS) is 16.4. The number of hydrogen-bond acceptors (Lipinski definition) is 2. The summed E-state index contributed by atoms with van der Waals surface area (Å²) >= 11 is 0. The second-order valence-corrected chi connectivity index (χ2v) is 5.02. The molecule has 1 saturated heterocycles. The van der Waals surface area contributed by atoms with E-state index in [2.05, 4.69) is 4.90 Å². The Labute approximate surface area is 164 Å². The molecule has 21 heavy (non-hydrogen) atoms. The van der Waals surface area contributed by atoms with Gasteiger partial charge in [-0.25, -0.2) is 4.39 Å². The second-order valence-electron chi connectivity index (χ2n) is 5.02. The zero-order valence-electron chi connectivity index (χ0n) is 12.1. The van der Waals surface area contributed by atoms with E-state index in [-0.39, 0.29) is 63.7 Å². The second kappa shape index (κ2) is 8.88. The molecule has 1 heterocycles. The van der Waals surface area contributed by atoms with Gasteiger partial charge in [-0.05, 0) is 38.1 Å². The predicted octanol–water partition coefficient (Wildman–Crippen LogP) is -0.251. The fourth-order valence-corrected chi connectivity index (χ4v) is 2.30. The first-order chi connectivity index (χ1) is 9.47. The minimum atomic E-state index is -5.13. The van der Waals surface area contributed by atoms with Crippen LogP contribution in [0.2, 0.25) is 0 Å². The van der Waals surface area contributed by atoms with Crippen LogP contribution in [0.5, 0.6) is 5.75 Å². The van der Waals surface area contributed by atoms with Gasteiger partial charge in [0.15, 0.2) is 11.6 Å². The summed E-state index contributed by atoms with van der Waals surface area (Å²) in [6, 6.07) is 2.29. The molecule has 2 nitrogen and oxygen atoms in total. The maximum atomic E-state index is 13.4. The monoisotopic (exact) mass is 329 g/mol. The van der Waals surface area contributed by atoms with Crippen molar-refractivity contribution in [1.82, 2.24) is 4.90 Å². The number of benzene rings is 1. The molecule has 0 aliphatic carbocycles. The number of piperidine rings is 1. The fourth-order valence-electron chi connectivity index (χ4n) is 2.30. The van der Waals surface area contributed by atoms with Crippen molar-refractivity contribution in [3.05, 3.63) is 24.0 Å².